The maximum Gasteiger partial charge on any atom is 0.490 e. The molecule has 2 aliphatic heterocycles. The van der Waals surface area contributed by atoms with E-state index in [1.807, 2.05) is 23.1 Å². The van der Waals surface area contributed by atoms with E-state index in [-0.39, 0.29) is 17.6 Å². The second-order valence-corrected chi connectivity index (χ2v) is 9.43. The lowest BCUT2D eigenvalue weighted by atomic mass is 9.85. The molecule has 8 nitrogen and oxygen atoms in total. The topological polar surface area (TPSA) is 102 Å². The lowest BCUT2D eigenvalue weighted by Gasteiger charge is -2.43. The number of carbonyl (C=O) groups is 3. The van der Waals surface area contributed by atoms with Gasteiger partial charge in [0.1, 0.15) is 11.4 Å². The number of carboxylic acid groups (broad SMARTS) is 1. The van der Waals surface area contributed by atoms with Gasteiger partial charge in [-0.25, -0.2) is 9.18 Å². The number of aliphatic carboxylic acids is 1. The number of nitrogens with one attached hydrogen (secondary N) is 2. The zero-order valence-electron chi connectivity index (χ0n) is 19.5. The first-order chi connectivity index (χ1) is 17.4. The molecule has 0 bridgehead atoms. The molecule has 200 valence electrons. The van der Waals surface area contributed by atoms with Gasteiger partial charge in [-0.05, 0) is 55.3 Å². The van der Waals surface area contributed by atoms with Crippen LogP contribution in [-0.4, -0.2) is 72.4 Å². The number of halogens is 5. The second-order valence-electron chi connectivity index (χ2n) is 8.51. The molecule has 0 atom stereocenters. The number of alkyl halides is 3. The molecule has 1 spiro atoms. The van der Waals surface area contributed by atoms with Crippen molar-refractivity contribution in [3.05, 3.63) is 64.4 Å². The Kier molecular flexibility index (Phi) is 9.13. The average molecular weight is 589 g/mol. The van der Waals surface area contributed by atoms with Gasteiger partial charge in [0, 0.05) is 41.9 Å². The Morgan fingerprint density at radius 2 is 1.73 bits per heavy atom. The van der Waals surface area contributed by atoms with Gasteiger partial charge in [0.2, 0.25) is 5.91 Å². The van der Waals surface area contributed by atoms with E-state index in [4.69, 9.17) is 9.90 Å². The van der Waals surface area contributed by atoms with Crippen LogP contribution in [0.2, 0.25) is 0 Å². The Hall–Kier alpha value is -3.19. The first kappa shape index (κ1) is 28.4. The molecular weight excluding hydrogens is 564 g/mol. The fraction of sp³-hybridized carbons (Fsp3) is 0.375. The summed E-state index contributed by atoms with van der Waals surface area (Å²) in [5.74, 6) is -3.15. The normalized spacial score (nSPS) is 17.1. The summed E-state index contributed by atoms with van der Waals surface area (Å²) in [5.41, 5.74) is 0.720. The zero-order valence-corrected chi connectivity index (χ0v) is 21.1. The third-order valence-electron chi connectivity index (χ3n) is 6.20. The molecule has 13 heteroatoms. The van der Waals surface area contributed by atoms with Crippen molar-refractivity contribution in [2.45, 2.75) is 24.6 Å². The van der Waals surface area contributed by atoms with Gasteiger partial charge in [0.15, 0.2) is 0 Å². The molecule has 37 heavy (non-hydrogen) atoms. The summed E-state index contributed by atoms with van der Waals surface area (Å²) in [4.78, 5) is 38.1. The van der Waals surface area contributed by atoms with Crippen molar-refractivity contribution in [1.82, 2.24) is 15.5 Å². The highest BCUT2D eigenvalue weighted by molar-refractivity contribution is 9.10. The van der Waals surface area contributed by atoms with E-state index < -0.39 is 17.7 Å². The molecule has 2 aromatic carbocycles. The summed E-state index contributed by atoms with van der Waals surface area (Å²) in [5, 5.41) is 13.0. The fourth-order valence-electron chi connectivity index (χ4n) is 4.25. The number of carboxylic acids is 1. The van der Waals surface area contributed by atoms with Crippen molar-refractivity contribution in [2.24, 2.45) is 0 Å². The van der Waals surface area contributed by atoms with Crippen molar-refractivity contribution in [1.29, 1.82) is 0 Å². The van der Waals surface area contributed by atoms with Crippen LogP contribution in [0, 0.1) is 5.82 Å². The number of amides is 2. The third-order valence-corrected chi connectivity index (χ3v) is 6.73. The molecule has 2 aliphatic rings. The summed E-state index contributed by atoms with van der Waals surface area (Å²) in [6.45, 7) is 3.15. The SMILES string of the molecule is O=C(NCCN1CCC2(CC1)C(=O)NCN2c1cccc(F)c1)c1ccc(Br)cc1.O=C(O)C(F)(F)F. The number of hydrogen-bond acceptors (Lipinski definition) is 5. The van der Waals surface area contributed by atoms with Gasteiger partial charge in [-0.15, -0.1) is 0 Å². The molecule has 4 rings (SSSR count). The van der Waals surface area contributed by atoms with E-state index >= 15 is 0 Å². The molecule has 2 aromatic rings. The van der Waals surface area contributed by atoms with Gasteiger partial charge in [0.05, 0.1) is 6.67 Å². The number of hydrogen-bond donors (Lipinski definition) is 3. The minimum absolute atomic E-state index is 0.00922. The number of anilines is 1. The molecule has 0 aliphatic carbocycles. The van der Waals surface area contributed by atoms with Gasteiger partial charge in [0.25, 0.3) is 5.91 Å². The summed E-state index contributed by atoms with van der Waals surface area (Å²) in [6, 6.07) is 13.7. The third kappa shape index (κ3) is 7.19. The van der Waals surface area contributed by atoms with Crippen LogP contribution in [-0.2, 0) is 9.59 Å². The Morgan fingerprint density at radius 3 is 2.30 bits per heavy atom. The lowest BCUT2D eigenvalue weighted by Crippen LogP contribution is -2.57. The molecule has 2 heterocycles. The van der Waals surface area contributed by atoms with Crippen LogP contribution in [0.5, 0.6) is 0 Å². The van der Waals surface area contributed by atoms with Crippen molar-refractivity contribution in [3.8, 4) is 0 Å². The van der Waals surface area contributed by atoms with E-state index in [2.05, 4.69) is 31.5 Å². The summed E-state index contributed by atoms with van der Waals surface area (Å²) >= 11 is 3.36. The Morgan fingerprint density at radius 1 is 1.11 bits per heavy atom. The van der Waals surface area contributed by atoms with Crippen molar-refractivity contribution >= 4 is 39.4 Å². The number of piperidine rings is 1. The summed E-state index contributed by atoms with van der Waals surface area (Å²) in [6.07, 6.45) is -3.76. The summed E-state index contributed by atoms with van der Waals surface area (Å²) in [7, 11) is 0. The van der Waals surface area contributed by atoms with Crippen LogP contribution in [0.15, 0.2) is 53.0 Å². The minimum atomic E-state index is -5.08. The second kappa shape index (κ2) is 11.9. The first-order valence-corrected chi connectivity index (χ1v) is 12.1. The quantitative estimate of drug-likeness (QED) is 0.463. The van der Waals surface area contributed by atoms with Crippen LogP contribution in [0.1, 0.15) is 23.2 Å². The first-order valence-electron chi connectivity index (χ1n) is 11.3. The highest BCUT2D eigenvalue weighted by Gasteiger charge is 2.50. The maximum absolute atomic E-state index is 13.7. The van der Waals surface area contributed by atoms with Crippen LogP contribution in [0.4, 0.5) is 23.2 Å². The molecule has 0 unspecified atom stereocenters. The van der Waals surface area contributed by atoms with Gasteiger partial charge in [-0.3, -0.25) is 9.59 Å². The number of carbonyl (C=O) groups excluding carboxylic acids is 2. The predicted molar refractivity (Wildman–Crippen MR) is 130 cm³/mol. The van der Waals surface area contributed by atoms with Gasteiger partial charge in [-0.1, -0.05) is 22.0 Å². The highest BCUT2D eigenvalue weighted by atomic mass is 79.9. The molecule has 2 saturated heterocycles. The largest absolute Gasteiger partial charge is 0.490 e. The van der Waals surface area contributed by atoms with Crippen molar-refractivity contribution in [3.63, 3.8) is 0 Å². The zero-order chi connectivity index (χ0) is 27.2. The van der Waals surface area contributed by atoms with Gasteiger partial charge >= 0.3 is 12.1 Å². The lowest BCUT2D eigenvalue weighted by molar-refractivity contribution is -0.192. The number of nitrogens with zero attached hydrogens (tertiary/aromatic N) is 2. The van der Waals surface area contributed by atoms with Crippen LogP contribution in [0.3, 0.4) is 0 Å². The minimum Gasteiger partial charge on any atom is -0.475 e. The highest BCUT2D eigenvalue weighted by Crippen LogP contribution is 2.36. The molecule has 0 aromatic heterocycles. The maximum atomic E-state index is 13.7. The number of benzene rings is 2. The molecule has 2 fully saturated rings. The Labute approximate surface area is 218 Å². The van der Waals surface area contributed by atoms with E-state index in [9.17, 15) is 27.2 Å². The fourth-order valence-corrected chi connectivity index (χ4v) is 4.51. The molecular formula is C24H25BrF4N4O4. The Balaban J connectivity index is 0.000000479. The van der Waals surface area contributed by atoms with Crippen LogP contribution >= 0.6 is 15.9 Å². The molecule has 3 N–H and O–H groups in total. The predicted octanol–water partition coefficient (Wildman–Crippen LogP) is 3.38. The molecule has 2 amide bonds. The van der Waals surface area contributed by atoms with Crippen LogP contribution < -0.4 is 15.5 Å². The van der Waals surface area contributed by atoms with E-state index in [1.165, 1.54) is 12.1 Å². The molecule has 0 saturated carbocycles. The standard InChI is InChI=1S/C22H24BrFN4O2.C2HF3O2/c23-17-6-4-16(5-7-17)20(29)25-10-13-27-11-8-22(9-12-27)21(30)26-15-28(22)19-3-1-2-18(24)14-19;3-2(4,5)1(6)7/h1-7,14H,8-13,15H2,(H,25,29)(H,26,30);(H,6,7). The summed E-state index contributed by atoms with van der Waals surface area (Å²) < 4.78 is 46.4. The number of rotatable bonds is 5. The monoisotopic (exact) mass is 588 g/mol. The molecule has 0 radical (unpaired) electrons. The number of likely N-dealkylation sites (tertiary alicyclic amines) is 1. The van der Waals surface area contributed by atoms with E-state index in [0.29, 0.717) is 31.6 Å². The van der Waals surface area contributed by atoms with Crippen LogP contribution in [0.25, 0.3) is 0 Å². The average Bonchev–Trinajstić information content (AvgIpc) is 3.16. The van der Waals surface area contributed by atoms with E-state index in [0.717, 1.165) is 29.8 Å². The Bertz CT molecular complexity index is 1120. The van der Waals surface area contributed by atoms with Gasteiger partial charge < -0.3 is 25.5 Å². The smallest absolute Gasteiger partial charge is 0.475 e. The van der Waals surface area contributed by atoms with Crippen molar-refractivity contribution < 1.29 is 37.1 Å². The van der Waals surface area contributed by atoms with E-state index in [1.54, 1.807) is 18.2 Å². The van der Waals surface area contributed by atoms with Crippen molar-refractivity contribution in [2.75, 3.05) is 37.7 Å². The van der Waals surface area contributed by atoms with Gasteiger partial charge in [-0.2, -0.15) is 13.2 Å².